The van der Waals surface area contributed by atoms with E-state index in [2.05, 4.69) is 0 Å². The molecule has 21 heavy (non-hydrogen) atoms. The fourth-order valence-electron chi connectivity index (χ4n) is 2.76. The van der Waals surface area contributed by atoms with Crippen molar-refractivity contribution in [3.05, 3.63) is 64.5 Å². The summed E-state index contributed by atoms with van der Waals surface area (Å²) in [4.78, 5) is 0. The zero-order chi connectivity index (χ0) is 15.6. The summed E-state index contributed by atoms with van der Waals surface area (Å²) in [6.45, 7) is 5.62. The SMILES string of the molecule is COc1cccc(F)c1C(C)(O)Cc1c(C)cccc1C. The van der Waals surface area contributed by atoms with Crippen molar-refractivity contribution < 1.29 is 14.2 Å². The van der Waals surface area contributed by atoms with Crippen LogP contribution in [0.3, 0.4) is 0 Å². The minimum Gasteiger partial charge on any atom is -0.496 e. The molecular weight excluding hydrogens is 267 g/mol. The van der Waals surface area contributed by atoms with Crippen LogP contribution >= 0.6 is 0 Å². The van der Waals surface area contributed by atoms with Gasteiger partial charge in [0.15, 0.2) is 0 Å². The third kappa shape index (κ3) is 3.08. The number of ether oxygens (including phenoxy) is 1. The van der Waals surface area contributed by atoms with Crippen molar-refractivity contribution in [2.75, 3.05) is 7.11 Å². The highest BCUT2D eigenvalue weighted by Gasteiger charge is 2.31. The minimum absolute atomic E-state index is 0.204. The van der Waals surface area contributed by atoms with Gasteiger partial charge in [-0.25, -0.2) is 4.39 Å². The summed E-state index contributed by atoms with van der Waals surface area (Å²) < 4.78 is 19.4. The third-order valence-electron chi connectivity index (χ3n) is 3.90. The third-order valence-corrected chi connectivity index (χ3v) is 3.90. The largest absolute Gasteiger partial charge is 0.496 e. The molecule has 0 aromatic heterocycles. The lowest BCUT2D eigenvalue weighted by Crippen LogP contribution is -2.27. The number of aliphatic hydroxyl groups is 1. The van der Waals surface area contributed by atoms with E-state index in [1.165, 1.54) is 13.2 Å². The van der Waals surface area contributed by atoms with Crippen LogP contribution in [0, 0.1) is 19.7 Å². The van der Waals surface area contributed by atoms with Gasteiger partial charge in [0.25, 0.3) is 0 Å². The Bertz CT molecular complexity index is 627. The summed E-state index contributed by atoms with van der Waals surface area (Å²) in [5, 5.41) is 10.9. The zero-order valence-electron chi connectivity index (χ0n) is 12.9. The molecule has 0 bridgehead atoms. The van der Waals surface area contributed by atoms with Crippen LogP contribution < -0.4 is 4.74 Å². The van der Waals surface area contributed by atoms with Crippen LogP contribution in [0.15, 0.2) is 36.4 Å². The lowest BCUT2D eigenvalue weighted by atomic mass is 9.85. The van der Waals surface area contributed by atoms with E-state index in [1.54, 1.807) is 19.1 Å². The maximum atomic E-state index is 14.2. The fourth-order valence-corrected chi connectivity index (χ4v) is 2.76. The van der Waals surface area contributed by atoms with Crippen molar-refractivity contribution in [2.24, 2.45) is 0 Å². The first kappa shape index (κ1) is 15.5. The Labute approximate surface area is 125 Å². The second-order valence-electron chi connectivity index (χ2n) is 5.64. The summed E-state index contributed by atoms with van der Waals surface area (Å²) in [5.41, 5.74) is 2.08. The monoisotopic (exact) mass is 288 g/mol. The maximum absolute atomic E-state index is 14.2. The number of hydrogen-bond acceptors (Lipinski definition) is 2. The first-order chi connectivity index (χ1) is 9.86. The summed E-state index contributed by atoms with van der Waals surface area (Å²) >= 11 is 0. The number of aryl methyl sites for hydroxylation is 2. The summed E-state index contributed by atoms with van der Waals surface area (Å²) in [5.74, 6) is -0.0863. The van der Waals surface area contributed by atoms with Crippen molar-refractivity contribution in [1.82, 2.24) is 0 Å². The Morgan fingerprint density at radius 1 is 1.10 bits per heavy atom. The summed E-state index contributed by atoms with van der Waals surface area (Å²) in [7, 11) is 1.48. The van der Waals surface area contributed by atoms with Crippen molar-refractivity contribution >= 4 is 0 Å². The Balaban J connectivity index is 2.48. The van der Waals surface area contributed by atoms with Gasteiger partial charge in [-0.05, 0) is 49.6 Å². The fraction of sp³-hybridized carbons (Fsp3) is 0.333. The Morgan fingerprint density at radius 2 is 1.67 bits per heavy atom. The van der Waals surface area contributed by atoms with Crippen LogP contribution in [-0.2, 0) is 12.0 Å². The van der Waals surface area contributed by atoms with Crippen molar-refractivity contribution in [3.63, 3.8) is 0 Å². The highest BCUT2D eigenvalue weighted by atomic mass is 19.1. The molecule has 2 nitrogen and oxygen atoms in total. The van der Waals surface area contributed by atoms with E-state index in [0.29, 0.717) is 12.2 Å². The van der Waals surface area contributed by atoms with E-state index in [0.717, 1.165) is 16.7 Å². The maximum Gasteiger partial charge on any atom is 0.133 e. The van der Waals surface area contributed by atoms with E-state index in [4.69, 9.17) is 4.74 Å². The first-order valence-electron chi connectivity index (χ1n) is 6.97. The van der Waals surface area contributed by atoms with Gasteiger partial charge in [0.1, 0.15) is 11.6 Å². The molecule has 0 heterocycles. The van der Waals surface area contributed by atoms with Crippen molar-refractivity contribution in [1.29, 1.82) is 0 Å². The molecular formula is C18H21FO2. The average Bonchev–Trinajstić information content (AvgIpc) is 2.42. The summed E-state index contributed by atoms with van der Waals surface area (Å²) in [6.07, 6.45) is 0.336. The van der Waals surface area contributed by atoms with Gasteiger partial charge in [-0.3, -0.25) is 0 Å². The molecule has 112 valence electrons. The van der Waals surface area contributed by atoms with E-state index in [-0.39, 0.29) is 5.56 Å². The molecule has 2 aromatic carbocycles. The van der Waals surface area contributed by atoms with Crippen LogP contribution in [0.25, 0.3) is 0 Å². The summed E-state index contributed by atoms with van der Waals surface area (Å²) in [6, 6.07) is 10.6. The Morgan fingerprint density at radius 3 is 2.24 bits per heavy atom. The van der Waals surface area contributed by atoms with Gasteiger partial charge in [0.2, 0.25) is 0 Å². The molecule has 0 aliphatic heterocycles. The number of benzene rings is 2. The highest BCUT2D eigenvalue weighted by Crippen LogP contribution is 2.35. The number of rotatable bonds is 4. The molecule has 0 fully saturated rings. The normalized spacial score (nSPS) is 13.8. The average molecular weight is 288 g/mol. The topological polar surface area (TPSA) is 29.5 Å². The van der Waals surface area contributed by atoms with E-state index >= 15 is 0 Å². The standard InChI is InChI=1S/C18H21FO2/c1-12-7-5-8-13(2)14(12)11-18(3,20)17-15(19)9-6-10-16(17)21-4/h5-10,20H,11H2,1-4H3. The van der Waals surface area contributed by atoms with Crippen molar-refractivity contribution in [2.45, 2.75) is 32.8 Å². The first-order valence-corrected chi connectivity index (χ1v) is 6.97. The molecule has 0 radical (unpaired) electrons. The van der Waals surface area contributed by atoms with Gasteiger partial charge < -0.3 is 9.84 Å². The van der Waals surface area contributed by atoms with Gasteiger partial charge >= 0.3 is 0 Å². The zero-order valence-corrected chi connectivity index (χ0v) is 12.9. The van der Waals surface area contributed by atoms with Gasteiger partial charge in [0, 0.05) is 6.42 Å². The molecule has 0 spiro atoms. The lowest BCUT2D eigenvalue weighted by Gasteiger charge is -2.27. The lowest BCUT2D eigenvalue weighted by molar-refractivity contribution is 0.0507. The number of halogens is 1. The molecule has 0 aliphatic rings. The van der Waals surface area contributed by atoms with E-state index in [9.17, 15) is 9.50 Å². The molecule has 0 aliphatic carbocycles. The van der Waals surface area contributed by atoms with Crippen LogP contribution in [0.4, 0.5) is 4.39 Å². The van der Waals surface area contributed by atoms with Gasteiger partial charge in [-0.15, -0.1) is 0 Å². The van der Waals surface area contributed by atoms with Gasteiger partial charge in [0.05, 0.1) is 18.3 Å². The predicted molar refractivity (Wildman–Crippen MR) is 82.1 cm³/mol. The Kier molecular flexibility index (Phi) is 4.33. The molecule has 0 saturated heterocycles. The van der Waals surface area contributed by atoms with Gasteiger partial charge in [-0.2, -0.15) is 0 Å². The number of hydrogen-bond donors (Lipinski definition) is 1. The second kappa shape index (κ2) is 5.86. The molecule has 1 N–H and O–H groups in total. The van der Waals surface area contributed by atoms with E-state index in [1.807, 2.05) is 32.0 Å². The van der Waals surface area contributed by atoms with Crippen molar-refractivity contribution in [3.8, 4) is 5.75 Å². The highest BCUT2D eigenvalue weighted by molar-refractivity contribution is 5.42. The van der Waals surface area contributed by atoms with Crippen LogP contribution in [0.2, 0.25) is 0 Å². The van der Waals surface area contributed by atoms with Gasteiger partial charge in [-0.1, -0.05) is 24.3 Å². The predicted octanol–water partition coefficient (Wildman–Crippen LogP) is 3.90. The molecule has 3 heteroatoms. The molecule has 2 rings (SSSR count). The number of methoxy groups -OCH3 is 1. The molecule has 2 aromatic rings. The van der Waals surface area contributed by atoms with Crippen LogP contribution in [0.1, 0.15) is 29.2 Å². The molecule has 1 atom stereocenters. The minimum atomic E-state index is -1.34. The van der Waals surface area contributed by atoms with Crippen LogP contribution in [0.5, 0.6) is 5.75 Å². The molecule has 0 saturated carbocycles. The second-order valence-corrected chi connectivity index (χ2v) is 5.64. The molecule has 1 unspecified atom stereocenters. The van der Waals surface area contributed by atoms with Crippen LogP contribution in [-0.4, -0.2) is 12.2 Å². The quantitative estimate of drug-likeness (QED) is 0.924. The van der Waals surface area contributed by atoms with E-state index < -0.39 is 11.4 Å². The Hall–Kier alpha value is -1.87. The molecule has 0 amide bonds. The smallest absolute Gasteiger partial charge is 0.133 e.